The number of fused-ring (bicyclic) bond motifs is 1. The lowest BCUT2D eigenvalue weighted by Crippen LogP contribution is -2.14. The molecule has 0 heterocycles. The highest BCUT2D eigenvalue weighted by atomic mass is 16.6. The van der Waals surface area contributed by atoms with E-state index in [1.54, 1.807) is 37.5 Å². The Morgan fingerprint density at radius 1 is 1.15 bits per heavy atom. The van der Waals surface area contributed by atoms with Crippen LogP contribution in [0, 0.1) is 10.1 Å². The Labute approximate surface area is 152 Å². The van der Waals surface area contributed by atoms with Crippen molar-refractivity contribution in [2.75, 3.05) is 7.11 Å². The predicted molar refractivity (Wildman–Crippen MR) is 101 cm³/mol. The summed E-state index contributed by atoms with van der Waals surface area (Å²) in [5.41, 5.74) is 3.81. The molecule has 0 aromatic heterocycles. The fourth-order valence-corrected chi connectivity index (χ4v) is 3.32. The van der Waals surface area contributed by atoms with Crippen molar-refractivity contribution in [3.63, 3.8) is 0 Å². The highest BCUT2D eigenvalue weighted by Gasteiger charge is 2.23. The minimum atomic E-state index is -0.360. The van der Waals surface area contributed by atoms with Gasteiger partial charge in [-0.25, -0.2) is 0 Å². The van der Waals surface area contributed by atoms with Gasteiger partial charge in [0.15, 0.2) is 5.78 Å². The first kappa shape index (κ1) is 17.9. The molecule has 0 saturated carbocycles. The molecule has 0 saturated heterocycles. The molecule has 0 N–H and O–H groups in total. The van der Waals surface area contributed by atoms with Gasteiger partial charge in [0, 0.05) is 22.8 Å². The monoisotopic (exact) mass is 351 g/mol. The van der Waals surface area contributed by atoms with Gasteiger partial charge in [-0.2, -0.15) is 0 Å². The standard InChI is InChI=1S/C21H21NO4/c1-13(2)18-8-4-14(11-20(18)22(24)25)10-16-6-5-15-12-17(26-3)7-9-19(15)21(16)23/h4,7-13H,5-6H2,1-3H3/b16-10-. The Morgan fingerprint density at radius 3 is 2.58 bits per heavy atom. The van der Waals surface area contributed by atoms with Crippen LogP contribution < -0.4 is 4.74 Å². The molecule has 5 nitrogen and oxygen atoms in total. The van der Waals surface area contributed by atoms with Crippen molar-refractivity contribution in [3.8, 4) is 5.75 Å². The van der Waals surface area contributed by atoms with E-state index in [1.807, 2.05) is 26.0 Å². The molecule has 0 amide bonds. The van der Waals surface area contributed by atoms with Crippen LogP contribution in [0.15, 0.2) is 42.0 Å². The molecule has 134 valence electrons. The zero-order valence-electron chi connectivity index (χ0n) is 15.1. The third-order valence-electron chi connectivity index (χ3n) is 4.73. The summed E-state index contributed by atoms with van der Waals surface area (Å²) in [6.07, 6.45) is 3.13. The lowest BCUT2D eigenvalue weighted by atomic mass is 9.85. The Hall–Kier alpha value is -2.95. The molecule has 0 unspecified atom stereocenters. The van der Waals surface area contributed by atoms with Gasteiger partial charge in [0.05, 0.1) is 12.0 Å². The molecule has 0 fully saturated rings. The number of nitrogens with zero attached hydrogens (tertiary/aromatic N) is 1. The molecule has 3 rings (SSSR count). The Morgan fingerprint density at radius 2 is 1.92 bits per heavy atom. The fourth-order valence-electron chi connectivity index (χ4n) is 3.32. The summed E-state index contributed by atoms with van der Waals surface area (Å²) in [4.78, 5) is 23.8. The first-order valence-electron chi connectivity index (χ1n) is 8.61. The van der Waals surface area contributed by atoms with E-state index in [9.17, 15) is 14.9 Å². The average molecular weight is 351 g/mol. The molecular weight excluding hydrogens is 330 g/mol. The molecule has 0 spiro atoms. The summed E-state index contributed by atoms with van der Waals surface area (Å²) in [6, 6.07) is 10.6. The molecule has 5 heteroatoms. The van der Waals surface area contributed by atoms with Crippen LogP contribution in [0.1, 0.15) is 53.2 Å². The number of nitro groups is 1. The number of allylic oxidation sites excluding steroid dienone is 1. The molecule has 0 atom stereocenters. The second-order valence-electron chi connectivity index (χ2n) is 6.75. The minimum absolute atomic E-state index is 0.0236. The van der Waals surface area contributed by atoms with E-state index in [4.69, 9.17) is 4.74 Å². The van der Waals surface area contributed by atoms with Crippen molar-refractivity contribution < 1.29 is 14.5 Å². The van der Waals surface area contributed by atoms with Crippen LogP contribution in [-0.4, -0.2) is 17.8 Å². The first-order chi connectivity index (χ1) is 12.4. The SMILES string of the molecule is COc1ccc2c(c1)CC/C(=C/c1ccc(C(C)C)c([N+](=O)[O-])c1)C2=O. The number of ketones is 1. The van der Waals surface area contributed by atoms with E-state index in [0.717, 1.165) is 17.7 Å². The topological polar surface area (TPSA) is 69.4 Å². The van der Waals surface area contributed by atoms with Gasteiger partial charge < -0.3 is 4.74 Å². The molecule has 2 aromatic rings. The molecule has 26 heavy (non-hydrogen) atoms. The number of methoxy groups -OCH3 is 1. The van der Waals surface area contributed by atoms with Gasteiger partial charge in [-0.05, 0) is 54.2 Å². The molecule has 0 radical (unpaired) electrons. The maximum absolute atomic E-state index is 12.8. The summed E-state index contributed by atoms with van der Waals surface area (Å²) in [5, 5.41) is 11.4. The smallest absolute Gasteiger partial charge is 0.273 e. The number of hydrogen-bond donors (Lipinski definition) is 0. The van der Waals surface area contributed by atoms with E-state index in [-0.39, 0.29) is 22.3 Å². The normalized spacial score (nSPS) is 15.2. The van der Waals surface area contributed by atoms with Crippen molar-refractivity contribution in [1.82, 2.24) is 0 Å². The summed E-state index contributed by atoms with van der Waals surface area (Å²) in [7, 11) is 1.60. The maximum atomic E-state index is 12.8. The van der Waals surface area contributed by atoms with Gasteiger partial charge in [0.1, 0.15) is 5.75 Å². The number of benzene rings is 2. The maximum Gasteiger partial charge on any atom is 0.273 e. The van der Waals surface area contributed by atoms with Crippen molar-refractivity contribution in [2.45, 2.75) is 32.6 Å². The molecule has 0 aliphatic heterocycles. The van der Waals surface area contributed by atoms with Crippen molar-refractivity contribution >= 4 is 17.5 Å². The molecule has 0 bridgehead atoms. The Bertz CT molecular complexity index is 912. The fraction of sp³-hybridized carbons (Fsp3) is 0.286. The lowest BCUT2D eigenvalue weighted by molar-refractivity contribution is -0.385. The zero-order chi connectivity index (χ0) is 18.8. The van der Waals surface area contributed by atoms with Crippen molar-refractivity contribution in [3.05, 3.63) is 74.3 Å². The van der Waals surface area contributed by atoms with E-state index in [1.165, 1.54) is 0 Å². The Kier molecular flexibility index (Phi) is 4.89. The second-order valence-corrected chi connectivity index (χ2v) is 6.75. The van der Waals surface area contributed by atoms with Crippen LogP contribution >= 0.6 is 0 Å². The quantitative estimate of drug-likeness (QED) is 0.444. The van der Waals surface area contributed by atoms with Crippen LogP contribution in [0.4, 0.5) is 5.69 Å². The number of nitro benzene ring substituents is 1. The van der Waals surface area contributed by atoms with E-state index in [2.05, 4.69) is 0 Å². The van der Waals surface area contributed by atoms with Crippen LogP contribution in [-0.2, 0) is 6.42 Å². The van der Waals surface area contributed by atoms with Crippen LogP contribution in [0.5, 0.6) is 5.75 Å². The largest absolute Gasteiger partial charge is 0.497 e. The van der Waals surface area contributed by atoms with E-state index in [0.29, 0.717) is 28.7 Å². The first-order valence-corrected chi connectivity index (χ1v) is 8.61. The predicted octanol–water partition coefficient (Wildman–Crippen LogP) is 4.94. The molecular formula is C21H21NO4. The summed E-state index contributed by atoms with van der Waals surface area (Å²) in [6.45, 7) is 3.85. The van der Waals surface area contributed by atoms with Crippen molar-refractivity contribution in [1.29, 1.82) is 0 Å². The van der Waals surface area contributed by atoms with E-state index >= 15 is 0 Å². The zero-order valence-corrected chi connectivity index (χ0v) is 15.1. The molecule has 1 aliphatic rings. The van der Waals surface area contributed by atoms with Gasteiger partial charge in [0.25, 0.3) is 5.69 Å². The number of ether oxygens (including phenoxy) is 1. The lowest BCUT2D eigenvalue weighted by Gasteiger charge is -2.18. The van der Waals surface area contributed by atoms with Crippen LogP contribution in [0.3, 0.4) is 0 Å². The summed E-state index contributed by atoms with van der Waals surface area (Å²) < 4.78 is 5.21. The van der Waals surface area contributed by atoms with Crippen molar-refractivity contribution in [2.24, 2.45) is 0 Å². The van der Waals surface area contributed by atoms with Gasteiger partial charge in [-0.1, -0.05) is 26.0 Å². The summed E-state index contributed by atoms with van der Waals surface area (Å²) in [5.74, 6) is 0.781. The van der Waals surface area contributed by atoms with Gasteiger partial charge in [-0.15, -0.1) is 0 Å². The van der Waals surface area contributed by atoms with Gasteiger partial charge >= 0.3 is 0 Å². The second kappa shape index (κ2) is 7.12. The number of Topliss-reactive ketones (excluding diaryl/α,β-unsaturated/α-hetero) is 1. The number of carbonyl (C=O) groups excluding carboxylic acids is 1. The van der Waals surface area contributed by atoms with Gasteiger partial charge in [-0.3, -0.25) is 14.9 Å². The number of carbonyl (C=O) groups is 1. The van der Waals surface area contributed by atoms with E-state index < -0.39 is 0 Å². The minimum Gasteiger partial charge on any atom is -0.497 e. The average Bonchev–Trinajstić information content (AvgIpc) is 2.63. The van der Waals surface area contributed by atoms with Crippen LogP contribution in [0.25, 0.3) is 6.08 Å². The number of rotatable bonds is 4. The highest BCUT2D eigenvalue weighted by Crippen LogP contribution is 2.31. The number of hydrogen-bond acceptors (Lipinski definition) is 4. The third kappa shape index (κ3) is 3.38. The summed E-state index contributed by atoms with van der Waals surface area (Å²) >= 11 is 0. The highest BCUT2D eigenvalue weighted by molar-refractivity contribution is 6.13. The third-order valence-corrected chi connectivity index (χ3v) is 4.73. The number of aryl methyl sites for hydroxylation is 1. The molecule has 2 aromatic carbocycles. The van der Waals surface area contributed by atoms with Gasteiger partial charge in [0.2, 0.25) is 0 Å². The van der Waals surface area contributed by atoms with Crippen LogP contribution in [0.2, 0.25) is 0 Å². The molecule has 1 aliphatic carbocycles. The Balaban J connectivity index is 1.97.